The highest BCUT2D eigenvalue weighted by molar-refractivity contribution is 7.16. The number of aliphatic hydroxyl groups excluding tert-OH is 1. The Morgan fingerprint density at radius 1 is 1.30 bits per heavy atom. The molecule has 0 bridgehead atoms. The second-order valence-corrected chi connectivity index (χ2v) is 4.94. The average Bonchev–Trinajstić information content (AvgIpc) is 2.96. The van der Waals surface area contributed by atoms with Crippen molar-refractivity contribution in [2.24, 2.45) is 5.84 Å². The van der Waals surface area contributed by atoms with E-state index in [2.05, 4.69) is 15.4 Å². The van der Waals surface area contributed by atoms with E-state index in [4.69, 9.17) is 15.7 Å². The molecule has 0 spiro atoms. The van der Waals surface area contributed by atoms with Gasteiger partial charge in [-0.2, -0.15) is 4.98 Å². The first-order valence-corrected chi connectivity index (χ1v) is 6.77. The van der Waals surface area contributed by atoms with Gasteiger partial charge in [-0.05, 0) is 29.1 Å². The lowest BCUT2D eigenvalue weighted by molar-refractivity contribution is 0.281. The minimum Gasteiger partial charge on any atom is -0.438 e. The fourth-order valence-electron chi connectivity index (χ4n) is 1.79. The van der Waals surface area contributed by atoms with Crippen molar-refractivity contribution in [1.29, 1.82) is 0 Å². The van der Waals surface area contributed by atoms with Crippen LogP contribution < -0.4 is 16.0 Å². The Morgan fingerprint density at radius 3 is 3.00 bits per heavy atom. The molecule has 0 aliphatic rings. The number of aliphatic hydroxyl groups is 1. The fraction of sp³-hybridized carbons (Fsp3) is 0.0769. The summed E-state index contributed by atoms with van der Waals surface area (Å²) in [6.45, 7) is -0.0373. The van der Waals surface area contributed by atoms with Gasteiger partial charge in [0.15, 0.2) is 0 Å². The molecule has 0 atom stereocenters. The molecule has 3 aromatic rings. The first-order chi connectivity index (χ1) is 9.80. The van der Waals surface area contributed by atoms with E-state index in [1.165, 1.54) is 11.3 Å². The van der Waals surface area contributed by atoms with Crippen LogP contribution in [0.5, 0.6) is 11.6 Å². The van der Waals surface area contributed by atoms with Gasteiger partial charge in [-0.15, -0.1) is 11.3 Å². The lowest BCUT2D eigenvalue weighted by atomic mass is 10.2. The maximum Gasteiger partial charge on any atom is 0.241 e. The van der Waals surface area contributed by atoms with Crippen LogP contribution >= 0.6 is 11.3 Å². The summed E-state index contributed by atoms with van der Waals surface area (Å²) in [7, 11) is 0. The number of benzene rings is 1. The third-order valence-electron chi connectivity index (χ3n) is 2.71. The van der Waals surface area contributed by atoms with Crippen molar-refractivity contribution in [2.75, 3.05) is 5.43 Å². The van der Waals surface area contributed by atoms with Gasteiger partial charge in [0, 0.05) is 0 Å². The molecule has 20 heavy (non-hydrogen) atoms. The van der Waals surface area contributed by atoms with Gasteiger partial charge in [-0.1, -0.05) is 12.1 Å². The summed E-state index contributed by atoms with van der Waals surface area (Å²) in [5, 5.41) is 11.9. The quantitative estimate of drug-likeness (QED) is 0.503. The number of hydrogen-bond donors (Lipinski definition) is 3. The fourth-order valence-corrected chi connectivity index (χ4v) is 2.54. The van der Waals surface area contributed by atoms with E-state index in [-0.39, 0.29) is 6.61 Å². The van der Waals surface area contributed by atoms with Gasteiger partial charge in [-0.3, -0.25) is 5.43 Å². The molecule has 7 heteroatoms. The maximum absolute atomic E-state index is 9.14. The van der Waals surface area contributed by atoms with Crippen molar-refractivity contribution in [2.45, 2.75) is 6.61 Å². The van der Waals surface area contributed by atoms with E-state index < -0.39 is 0 Å². The standard InChI is InChI=1S/C13H12N4O2S/c14-17-13-15-11(10-4-5-20-12(10)16-13)19-9-3-1-2-8(6-9)7-18/h1-6,18H,7,14H2,(H,15,16,17). The maximum atomic E-state index is 9.14. The number of thiophene rings is 1. The third kappa shape index (κ3) is 2.42. The summed E-state index contributed by atoms with van der Waals surface area (Å²) >= 11 is 1.48. The minimum absolute atomic E-state index is 0.0373. The highest BCUT2D eigenvalue weighted by atomic mass is 32.1. The van der Waals surface area contributed by atoms with Gasteiger partial charge < -0.3 is 9.84 Å². The van der Waals surface area contributed by atoms with E-state index in [0.717, 1.165) is 15.8 Å². The second-order valence-electron chi connectivity index (χ2n) is 4.04. The Morgan fingerprint density at radius 2 is 2.20 bits per heavy atom. The number of anilines is 1. The Bertz CT molecular complexity index is 744. The SMILES string of the molecule is NNc1nc(Oc2cccc(CO)c2)c2ccsc2n1. The number of ether oxygens (including phenoxy) is 1. The monoisotopic (exact) mass is 288 g/mol. The van der Waals surface area contributed by atoms with Crippen molar-refractivity contribution in [1.82, 2.24) is 9.97 Å². The van der Waals surface area contributed by atoms with Crippen molar-refractivity contribution < 1.29 is 9.84 Å². The topological polar surface area (TPSA) is 93.3 Å². The number of nitrogens with one attached hydrogen (secondary N) is 1. The molecule has 0 fully saturated rings. The second kappa shape index (κ2) is 5.41. The van der Waals surface area contributed by atoms with Crippen molar-refractivity contribution in [3.8, 4) is 11.6 Å². The molecule has 0 saturated carbocycles. The molecule has 0 radical (unpaired) electrons. The number of fused-ring (bicyclic) bond motifs is 1. The average molecular weight is 288 g/mol. The number of hydrogen-bond acceptors (Lipinski definition) is 7. The molecule has 2 aromatic heterocycles. The largest absolute Gasteiger partial charge is 0.438 e. The van der Waals surface area contributed by atoms with E-state index in [0.29, 0.717) is 17.6 Å². The van der Waals surface area contributed by atoms with E-state index in [9.17, 15) is 0 Å². The number of aromatic nitrogens is 2. The van der Waals surface area contributed by atoms with E-state index in [1.807, 2.05) is 23.6 Å². The van der Waals surface area contributed by atoms with Crippen LogP contribution in [-0.4, -0.2) is 15.1 Å². The smallest absolute Gasteiger partial charge is 0.241 e. The molecule has 6 nitrogen and oxygen atoms in total. The van der Waals surface area contributed by atoms with Crippen LogP contribution in [-0.2, 0) is 6.61 Å². The zero-order valence-corrected chi connectivity index (χ0v) is 11.2. The number of hydrazine groups is 1. The molecule has 0 unspecified atom stereocenters. The van der Waals surface area contributed by atoms with Gasteiger partial charge >= 0.3 is 0 Å². The molecular formula is C13H12N4O2S. The Hall–Kier alpha value is -2.22. The summed E-state index contributed by atoms with van der Waals surface area (Å²) in [6, 6.07) is 9.09. The van der Waals surface area contributed by atoms with Crippen LogP contribution in [0.25, 0.3) is 10.2 Å². The summed E-state index contributed by atoms with van der Waals surface area (Å²) in [5.74, 6) is 6.69. The zero-order valence-electron chi connectivity index (χ0n) is 10.4. The Labute approximate surface area is 118 Å². The van der Waals surface area contributed by atoms with Crippen LogP contribution in [0, 0.1) is 0 Å². The first-order valence-electron chi connectivity index (χ1n) is 5.89. The molecule has 0 aliphatic carbocycles. The van der Waals surface area contributed by atoms with Crippen LogP contribution in [0.4, 0.5) is 5.95 Å². The molecule has 0 aliphatic heterocycles. The first kappa shape index (κ1) is 12.8. The third-order valence-corrected chi connectivity index (χ3v) is 3.52. The van der Waals surface area contributed by atoms with E-state index >= 15 is 0 Å². The number of nitrogens with zero attached hydrogens (tertiary/aromatic N) is 2. The summed E-state index contributed by atoms with van der Waals surface area (Å²) < 4.78 is 5.78. The summed E-state index contributed by atoms with van der Waals surface area (Å²) in [6.07, 6.45) is 0. The van der Waals surface area contributed by atoms with Gasteiger partial charge in [-0.25, -0.2) is 10.8 Å². The molecular weight excluding hydrogens is 276 g/mol. The molecule has 0 amide bonds. The van der Waals surface area contributed by atoms with Gasteiger partial charge in [0.05, 0.1) is 12.0 Å². The van der Waals surface area contributed by atoms with E-state index in [1.54, 1.807) is 12.1 Å². The van der Waals surface area contributed by atoms with Crippen molar-refractivity contribution >= 4 is 27.5 Å². The molecule has 3 rings (SSSR count). The Balaban J connectivity index is 2.02. The molecule has 102 valence electrons. The lowest BCUT2D eigenvalue weighted by Gasteiger charge is -2.08. The molecule has 2 heterocycles. The van der Waals surface area contributed by atoms with Crippen molar-refractivity contribution in [3.05, 3.63) is 41.3 Å². The summed E-state index contributed by atoms with van der Waals surface area (Å²) in [5.41, 5.74) is 3.20. The van der Waals surface area contributed by atoms with Gasteiger partial charge in [0.25, 0.3) is 0 Å². The van der Waals surface area contributed by atoms with Crippen LogP contribution in [0.2, 0.25) is 0 Å². The van der Waals surface area contributed by atoms with Crippen LogP contribution in [0.3, 0.4) is 0 Å². The number of nitrogens with two attached hydrogens (primary N) is 1. The zero-order chi connectivity index (χ0) is 13.9. The van der Waals surface area contributed by atoms with Gasteiger partial charge in [0.2, 0.25) is 11.8 Å². The lowest BCUT2D eigenvalue weighted by Crippen LogP contribution is -2.10. The highest BCUT2D eigenvalue weighted by Gasteiger charge is 2.10. The van der Waals surface area contributed by atoms with Crippen LogP contribution in [0.15, 0.2) is 35.7 Å². The van der Waals surface area contributed by atoms with Gasteiger partial charge in [0.1, 0.15) is 10.6 Å². The Kier molecular flexibility index (Phi) is 3.46. The van der Waals surface area contributed by atoms with Crippen molar-refractivity contribution in [3.63, 3.8) is 0 Å². The van der Waals surface area contributed by atoms with Crippen LogP contribution in [0.1, 0.15) is 5.56 Å². The molecule has 4 N–H and O–H groups in total. The number of nitrogen functional groups attached to an aromatic ring is 1. The number of rotatable bonds is 4. The predicted molar refractivity (Wildman–Crippen MR) is 77.7 cm³/mol. The highest BCUT2D eigenvalue weighted by Crippen LogP contribution is 2.31. The molecule has 0 saturated heterocycles. The molecule has 1 aromatic carbocycles. The summed E-state index contributed by atoms with van der Waals surface area (Å²) in [4.78, 5) is 9.25. The minimum atomic E-state index is -0.0373. The normalized spacial score (nSPS) is 10.7. The predicted octanol–water partition coefficient (Wildman–Crippen LogP) is 2.26.